The molecule has 3 aromatic carbocycles. The number of nitrogens with zero attached hydrogens (tertiary/aromatic N) is 3. The van der Waals surface area contributed by atoms with Crippen molar-refractivity contribution in [3.05, 3.63) is 108 Å². The Morgan fingerprint density at radius 1 is 0.818 bits per heavy atom. The molecule has 1 heterocycles. The fourth-order valence-corrected chi connectivity index (χ4v) is 4.51. The van der Waals surface area contributed by atoms with Gasteiger partial charge in [0.25, 0.3) is 0 Å². The summed E-state index contributed by atoms with van der Waals surface area (Å²) < 4.78 is 2.12. The number of para-hydroxylation sites is 1. The van der Waals surface area contributed by atoms with Gasteiger partial charge in [0.05, 0.1) is 0 Å². The third kappa shape index (κ3) is 6.80. The highest BCUT2D eigenvalue weighted by atomic mass is 32.2. The van der Waals surface area contributed by atoms with Crippen LogP contribution < -0.4 is 5.32 Å². The zero-order chi connectivity index (χ0) is 22.7. The van der Waals surface area contributed by atoms with Crippen LogP contribution in [0.2, 0.25) is 0 Å². The van der Waals surface area contributed by atoms with Crippen LogP contribution in [0, 0.1) is 0 Å². The van der Waals surface area contributed by atoms with Crippen molar-refractivity contribution in [1.82, 2.24) is 20.1 Å². The van der Waals surface area contributed by atoms with Crippen molar-refractivity contribution in [1.29, 1.82) is 0 Å². The van der Waals surface area contributed by atoms with E-state index in [2.05, 4.69) is 56.5 Å². The molecule has 0 unspecified atom stereocenters. The molecule has 1 aromatic heterocycles. The van der Waals surface area contributed by atoms with E-state index in [-0.39, 0.29) is 5.91 Å². The van der Waals surface area contributed by atoms with Gasteiger partial charge in [0.15, 0.2) is 5.16 Å². The number of benzene rings is 3. The molecule has 0 aliphatic heterocycles. The normalized spacial score (nSPS) is 10.8. The van der Waals surface area contributed by atoms with Gasteiger partial charge in [0, 0.05) is 30.8 Å². The molecule has 0 radical (unpaired) electrons. The number of nitrogens with one attached hydrogen (secondary N) is 1. The molecule has 0 saturated heterocycles. The third-order valence-corrected chi connectivity index (χ3v) is 6.29. The highest BCUT2D eigenvalue weighted by Gasteiger charge is 2.15. The van der Waals surface area contributed by atoms with Gasteiger partial charge in [0.2, 0.25) is 5.91 Å². The average Bonchev–Trinajstić information content (AvgIpc) is 3.26. The summed E-state index contributed by atoms with van der Waals surface area (Å²) in [6, 6.07) is 30.7. The lowest BCUT2D eigenvalue weighted by Crippen LogP contribution is -2.25. The molecule has 0 fully saturated rings. The van der Waals surface area contributed by atoms with Crippen LogP contribution in [0.3, 0.4) is 0 Å². The van der Waals surface area contributed by atoms with Gasteiger partial charge in [-0.3, -0.25) is 9.36 Å². The van der Waals surface area contributed by atoms with Gasteiger partial charge in [-0.05, 0) is 36.1 Å². The predicted octanol–water partition coefficient (Wildman–Crippen LogP) is 5.09. The largest absolute Gasteiger partial charge is 0.356 e. The maximum absolute atomic E-state index is 12.2. The smallest absolute Gasteiger partial charge is 0.220 e. The summed E-state index contributed by atoms with van der Waals surface area (Å²) in [5.41, 5.74) is 3.49. The van der Waals surface area contributed by atoms with Gasteiger partial charge in [0.1, 0.15) is 5.82 Å². The summed E-state index contributed by atoms with van der Waals surface area (Å²) in [5.74, 6) is 1.82. The number of hydrogen-bond acceptors (Lipinski definition) is 4. The lowest BCUT2D eigenvalue weighted by molar-refractivity contribution is -0.121. The van der Waals surface area contributed by atoms with E-state index in [1.165, 1.54) is 11.1 Å². The molecule has 0 aliphatic carbocycles. The molecule has 0 saturated carbocycles. The summed E-state index contributed by atoms with van der Waals surface area (Å²) in [6.07, 6.45) is 2.87. The van der Waals surface area contributed by atoms with Crippen molar-refractivity contribution in [3.8, 4) is 5.69 Å². The molecular formula is C27H28N4OS. The van der Waals surface area contributed by atoms with Crippen LogP contribution in [-0.2, 0) is 17.6 Å². The van der Waals surface area contributed by atoms with Crippen LogP contribution in [0.1, 0.15) is 29.8 Å². The Hall–Kier alpha value is -3.38. The van der Waals surface area contributed by atoms with E-state index in [1.807, 2.05) is 54.6 Å². The van der Waals surface area contributed by atoms with E-state index < -0.39 is 0 Å². The van der Waals surface area contributed by atoms with Crippen LogP contribution in [0.25, 0.3) is 5.69 Å². The Balaban J connectivity index is 1.31. The van der Waals surface area contributed by atoms with Gasteiger partial charge in [-0.15, -0.1) is 10.2 Å². The molecule has 4 rings (SSSR count). The van der Waals surface area contributed by atoms with Crippen LogP contribution in [-0.4, -0.2) is 33.0 Å². The molecule has 33 heavy (non-hydrogen) atoms. The minimum atomic E-state index is 0.0980. The van der Waals surface area contributed by atoms with Crippen LogP contribution in [0.5, 0.6) is 0 Å². The Morgan fingerprint density at radius 2 is 1.45 bits per heavy atom. The van der Waals surface area contributed by atoms with Crippen molar-refractivity contribution < 1.29 is 4.79 Å². The highest BCUT2D eigenvalue weighted by molar-refractivity contribution is 7.99. The zero-order valence-electron chi connectivity index (χ0n) is 18.6. The van der Waals surface area contributed by atoms with E-state index in [1.54, 1.807) is 11.8 Å². The van der Waals surface area contributed by atoms with Gasteiger partial charge in [-0.2, -0.15) is 0 Å². The zero-order valence-corrected chi connectivity index (χ0v) is 19.4. The number of carbonyl (C=O) groups excluding carboxylic acids is 1. The summed E-state index contributed by atoms with van der Waals surface area (Å²) in [6.45, 7) is 0.668. The monoisotopic (exact) mass is 456 g/mol. The molecule has 0 aliphatic rings. The van der Waals surface area contributed by atoms with Crippen LogP contribution in [0.15, 0.2) is 96.2 Å². The number of rotatable bonds is 11. The molecule has 6 heteroatoms. The lowest BCUT2D eigenvalue weighted by Gasteiger charge is -2.10. The Labute approximate surface area is 199 Å². The molecule has 0 bridgehead atoms. The molecular weight excluding hydrogens is 428 g/mol. The maximum Gasteiger partial charge on any atom is 0.220 e. The van der Waals surface area contributed by atoms with Gasteiger partial charge in [-0.1, -0.05) is 90.6 Å². The molecule has 5 nitrogen and oxygen atoms in total. The molecule has 1 N–H and O–H groups in total. The second-order valence-electron chi connectivity index (χ2n) is 7.77. The van der Waals surface area contributed by atoms with E-state index >= 15 is 0 Å². The van der Waals surface area contributed by atoms with Gasteiger partial charge < -0.3 is 5.32 Å². The number of aromatic nitrogens is 3. The van der Waals surface area contributed by atoms with Crippen LogP contribution >= 0.6 is 11.8 Å². The minimum absolute atomic E-state index is 0.0980. The third-order valence-electron chi connectivity index (χ3n) is 5.28. The maximum atomic E-state index is 12.2. The Bertz CT molecular complexity index is 1130. The number of carbonyl (C=O) groups is 1. The minimum Gasteiger partial charge on any atom is -0.356 e. The topological polar surface area (TPSA) is 59.8 Å². The van der Waals surface area contributed by atoms with Gasteiger partial charge >= 0.3 is 0 Å². The second kappa shape index (κ2) is 12.0. The lowest BCUT2D eigenvalue weighted by atomic mass is 10.1. The predicted molar refractivity (Wildman–Crippen MR) is 134 cm³/mol. The van der Waals surface area contributed by atoms with Crippen molar-refractivity contribution in [2.75, 3.05) is 12.3 Å². The summed E-state index contributed by atoms with van der Waals surface area (Å²) in [4.78, 5) is 12.2. The van der Waals surface area contributed by atoms with E-state index in [0.29, 0.717) is 19.4 Å². The van der Waals surface area contributed by atoms with Crippen molar-refractivity contribution in [2.24, 2.45) is 0 Å². The summed E-state index contributed by atoms with van der Waals surface area (Å²) >= 11 is 1.65. The average molecular weight is 457 g/mol. The van der Waals surface area contributed by atoms with Crippen molar-refractivity contribution >= 4 is 17.7 Å². The summed E-state index contributed by atoms with van der Waals surface area (Å²) in [5, 5.41) is 12.8. The first-order chi connectivity index (χ1) is 16.3. The highest BCUT2D eigenvalue weighted by Crippen LogP contribution is 2.24. The van der Waals surface area contributed by atoms with E-state index in [4.69, 9.17) is 0 Å². The van der Waals surface area contributed by atoms with Crippen LogP contribution in [0.4, 0.5) is 0 Å². The Kier molecular flexibility index (Phi) is 8.30. The van der Waals surface area contributed by atoms with E-state index in [9.17, 15) is 4.79 Å². The Morgan fingerprint density at radius 3 is 2.15 bits per heavy atom. The molecule has 0 spiro atoms. The quantitative estimate of drug-likeness (QED) is 0.252. The fourth-order valence-electron chi connectivity index (χ4n) is 3.60. The molecule has 168 valence electrons. The fraction of sp³-hybridized carbons (Fsp3) is 0.222. The standard InChI is InChI=1S/C27H28N4OS/c32-26(28-19-18-22-11-4-1-5-12-22)17-10-20-33-27-30-29-25(21-23-13-6-2-7-14-23)31(27)24-15-8-3-9-16-24/h1-9,11-16H,10,17-21H2,(H,28,32). The van der Waals surface area contributed by atoms with Gasteiger partial charge in [-0.25, -0.2) is 0 Å². The SMILES string of the molecule is O=C(CCCSc1nnc(Cc2ccccc2)n1-c1ccccc1)NCCc1ccccc1. The molecule has 4 aromatic rings. The first-order valence-corrected chi connectivity index (χ1v) is 12.3. The molecule has 0 atom stereocenters. The van der Waals surface area contributed by atoms with Crippen molar-refractivity contribution in [2.45, 2.75) is 30.8 Å². The first kappa shape index (κ1) is 22.8. The van der Waals surface area contributed by atoms with E-state index in [0.717, 1.165) is 35.3 Å². The number of hydrogen-bond donors (Lipinski definition) is 1. The number of thioether (sulfide) groups is 1. The second-order valence-corrected chi connectivity index (χ2v) is 8.83. The summed E-state index contributed by atoms with van der Waals surface area (Å²) in [7, 11) is 0. The van der Waals surface area contributed by atoms with Crippen molar-refractivity contribution in [3.63, 3.8) is 0 Å². The first-order valence-electron chi connectivity index (χ1n) is 11.3. The molecule has 1 amide bonds. The number of amides is 1.